The summed E-state index contributed by atoms with van der Waals surface area (Å²) >= 11 is 0. The average Bonchev–Trinajstić information content (AvgIpc) is 2.95. The quantitative estimate of drug-likeness (QED) is 0.791. The Hall–Kier alpha value is -1.23. The Morgan fingerprint density at radius 1 is 1.44 bits per heavy atom. The topological polar surface area (TPSA) is 66.4 Å². The zero-order valence-electron chi connectivity index (χ0n) is 9.10. The van der Waals surface area contributed by atoms with Crippen molar-refractivity contribution >= 4 is 15.7 Å². The molecule has 1 aromatic rings. The first-order valence-electron chi connectivity index (χ1n) is 5.27. The lowest BCUT2D eigenvalue weighted by Crippen LogP contribution is -2.18. The van der Waals surface area contributed by atoms with E-state index in [1.165, 1.54) is 6.07 Å². The molecule has 16 heavy (non-hydrogen) atoms. The van der Waals surface area contributed by atoms with Crippen molar-refractivity contribution < 1.29 is 13.5 Å². The van der Waals surface area contributed by atoms with Gasteiger partial charge in [-0.3, -0.25) is 4.72 Å². The van der Waals surface area contributed by atoms with Crippen LogP contribution in [0.15, 0.2) is 18.2 Å². The van der Waals surface area contributed by atoms with Crippen molar-refractivity contribution in [3.63, 3.8) is 0 Å². The number of hydrogen-bond acceptors (Lipinski definition) is 3. The molecule has 4 nitrogen and oxygen atoms in total. The van der Waals surface area contributed by atoms with E-state index in [0.29, 0.717) is 11.6 Å². The molecule has 0 spiro atoms. The number of para-hydroxylation sites is 1. The molecule has 1 saturated carbocycles. The van der Waals surface area contributed by atoms with Gasteiger partial charge in [-0.05, 0) is 37.3 Å². The maximum atomic E-state index is 11.7. The number of phenolic OH excluding ortho intramolecular Hbond substituents is 1. The standard InChI is InChI=1S/C11H15NO3S/c1-8-3-2-4-10(13)11(8)12-16(14,15)7-9-5-6-9/h2-4,9,12-13H,5-7H2,1H3. The minimum atomic E-state index is -3.33. The van der Waals surface area contributed by atoms with Gasteiger partial charge >= 0.3 is 0 Å². The van der Waals surface area contributed by atoms with Crippen molar-refractivity contribution in [3.05, 3.63) is 23.8 Å². The van der Waals surface area contributed by atoms with Gasteiger partial charge in [-0.2, -0.15) is 0 Å². The Balaban J connectivity index is 2.19. The Bertz CT molecular complexity index is 472. The summed E-state index contributed by atoms with van der Waals surface area (Å²) in [6, 6.07) is 4.92. The van der Waals surface area contributed by atoms with Gasteiger partial charge in [-0.25, -0.2) is 8.42 Å². The Morgan fingerprint density at radius 3 is 2.69 bits per heavy atom. The third kappa shape index (κ3) is 2.66. The second-order valence-electron chi connectivity index (χ2n) is 4.30. The van der Waals surface area contributed by atoms with Gasteiger partial charge in [0.2, 0.25) is 10.0 Å². The highest BCUT2D eigenvalue weighted by Crippen LogP contribution is 2.32. The minimum Gasteiger partial charge on any atom is -0.506 e. The van der Waals surface area contributed by atoms with E-state index in [1.807, 2.05) is 0 Å². The molecule has 0 radical (unpaired) electrons. The molecule has 0 heterocycles. The zero-order valence-corrected chi connectivity index (χ0v) is 9.92. The number of benzene rings is 1. The van der Waals surface area contributed by atoms with Gasteiger partial charge in [-0.15, -0.1) is 0 Å². The summed E-state index contributed by atoms with van der Waals surface area (Å²) in [5.74, 6) is 0.420. The molecule has 0 atom stereocenters. The van der Waals surface area contributed by atoms with Crippen LogP contribution in [0.1, 0.15) is 18.4 Å². The Morgan fingerprint density at radius 2 is 2.12 bits per heavy atom. The molecule has 5 heteroatoms. The summed E-state index contributed by atoms with van der Waals surface area (Å²) in [6.45, 7) is 1.76. The summed E-state index contributed by atoms with van der Waals surface area (Å²) in [4.78, 5) is 0. The molecule has 2 rings (SSSR count). The van der Waals surface area contributed by atoms with Crippen molar-refractivity contribution in [2.45, 2.75) is 19.8 Å². The molecule has 1 aromatic carbocycles. The highest BCUT2D eigenvalue weighted by molar-refractivity contribution is 7.92. The lowest BCUT2D eigenvalue weighted by molar-refractivity contribution is 0.477. The predicted molar refractivity (Wildman–Crippen MR) is 63.0 cm³/mol. The van der Waals surface area contributed by atoms with Crippen LogP contribution in [0.25, 0.3) is 0 Å². The number of phenols is 1. The number of aromatic hydroxyl groups is 1. The molecule has 0 aliphatic heterocycles. The van der Waals surface area contributed by atoms with Crippen LogP contribution < -0.4 is 4.72 Å². The molecule has 0 aromatic heterocycles. The van der Waals surface area contributed by atoms with Crippen LogP contribution in [-0.4, -0.2) is 19.3 Å². The maximum Gasteiger partial charge on any atom is 0.233 e. The van der Waals surface area contributed by atoms with Crippen LogP contribution in [0.3, 0.4) is 0 Å². The molecule has 1 fully saturated rings. The van der Waals surface area contributed by atoms with Gasteiger partial charge in [0, 0.05) is 0 Å². The van der Waals surface area contributed by atoms with Crippen molar-refractivity contribution in [1.29, 1.82) is 0 Å². The van der Waals surface area contributed by atoms with Crippen LogP contribution in [0.5, 0.6) is 5.75 Å². The summed E-state index contributed by atoms with van der Waals surface area (Å²) < 4.78 is 25.9. The molecule has 88 valence electrons. The molecule has 1 aliphatic rings. The van der Waals surface area contributed by atoms with Crippen LogP contribution in [0.4, 0.5) is 5.69 Å². The Kier molecular flexibility index (Phi) is 2.80. The van der Waals surface area contributed by atoms with Crippen molar-refractivity contribution in [2.24, 2.45) is 5.92 Å². The van der Waals surface area contributed by atoms with Gasteiger partial charge in [0.05, 0.1) is 11.4 Å². The summed E-state index contributed by atoms with van der Waals surface area (Å²) in [5, 5.41) is 9.58. The number of nitrogens with one attached hydrogen (secondary N) is 1. The van der Waals surface area contributed by atoms with Gasteiger partial charge in [0.25, 0.3) is 0 Å². The fourth-order valence-electron chi connectivity index (χ4n) is 1.58. The van der Waals surface area contributed by atoms with Gasteiger partial charge in [-0.1, -0.05) is 12.1 Å². The summed E-state index contributed by atoms with van der Waals surface area (Å²) in [5.41, 5.74) is 1.02. The van der Waals surface area contributed by atoms with Crippen molar-refractivity contribution in [2.75, 3.05) is 10.5 Å². The van der Waals surface area contributed by atoms with Gasteiger partial charge in [0.1, 0.15) is 5.75 Å². The number of aryl methyl sites for hydroxylation is 1. The number of sulfonamides is 1. The van der Waals surface area contributed by atoms with E-state index < -0.39 is 10.0 Å². The molecular formula is C11H15NO3S. The summed E-state index contributed by atoms with van der Waals surface area (Å²) in [7, 11) is -3.33. The van der Waals surface area contributed by atoms with Crippen LogP contribution >= 0.6 is 0 Å². The highest BCUT2D eigenvalue weighted by atomic mass is 32.2. The van der Waals surface area contributed by atoms with E-state index in [4.69, 9.17) is 0 Å². The van der Waals surface area contributed by atoms with Gasteiger partial charge in [0.15, 0.2) is 0 Å². The normalized spacial score (nSPS) is 16.1. The molecular weight excluding hydrogens is 226 g/mol. The largest absolute Gasteiger partial charge is 0.506 e. The van der Waals surface area contributed by atoms with Crippen LogP contribution in [0.2, 0.25) is 0 Å². The monoisotopic (exact) mass is 241 g/mol. The second-order valence-corrected chi connectivity index (χ2v) is 6.06. The maximum absolute atomic E-state index is 11.7. The lowest BCUT2D eigenvalue weighted by atomic mass is 10.2. The van der Waals surface area contributed by atoms with E-state index in [9.17, 15) is 13.5 Å². The van der Waals surface area contributed by atoms with E-state index >= 15 is 0 Å². The minimum absolute atomic E-state index is 0.0284. The molecule has 0 amide bonds. The zero-order chi connectivity index (χ0) is 11.8. The first-order chi connectivity index (χ1) is 7.48. The second kappa shape index (κ2) is 3.97. The molecule has 0 unspecified atom stereocenters. The first kappa shape index (κ1) is 11.3. The fraction of sp³-hybridized carbons (Fsp3) is 0.455. The smallest absolute Gasteiger partial charge is 0.233 e. The van der Waals surface area contributed by atoms with E-state index in [-0.39, 0.29) is 11.5 Å². The SMILES string of the molecule is Cc1cccc(O)c1NS(=O)(=O)CC1CC1. The summed E-state index contributed by atoms with van der Waals surface area (Å²) in [6.07, 6.45) is 1.97. The predicted octanol–water partition coefficient (Wildman–Crippen LogP) is 1.85. The van der Waals surface area contributed by atoms with E-state index in [1.54, 1.807) is 19.1 Å². The number of anilines is 1. The molecule has 1 aliphatic carbocycles. The number of rotatable bonds is 4. The average molecular weight is 241 g/mol. The number of hydrogen-bond donors (Lipinski definition) is 2. The van der Waals surface area contributed by atoms with E-state index in [0.717, 1.165) is 18.4 Å². The van der Waals surface area contributed by atoms with Crippen LogP contribution in [-0.2, 0) is 10.0 Å². The molecule has 0 saturated heterocycles. The molecule has 0 bridgehead atoms. The van der Waals surface area contributed by atoms with Crippen molar-refractivity contribution in [3.8, 4) is 5.75 Å². The highest BCUT2D eigenvalue weighted by Gasteiger charge is 2.28. The third-order valence-corrected chi connectivity index (χ3v) is 4.09. The van der Waals surface area contributed by atoms with Crippen LogP contribution in [0, 0.1) is 12.8 Å². The fourth-order valence-corrected chi connectivity index (χ4v) is 3.19. The molecule has 2 N–H and O–H groups in total. The third-order valence-electron chi connectivity index (χ3n) is 2.66. The lowest BCUT2D eigenvalue weighted by Gasteiger charge is -2.11. The van der Waals surface area contributed by atoms with Crippen molar-refractivity contribution in [1.82, 2.24) is 0 Å². The first-order valence-corrected chi connectivity index (χ1v) is 6.92. The Labute approximate surface area is 95.4 Å². The van der Waals surface area contributed by atoms with E-state index in [2.05, 4.69) is 4.72 Å². The van der Waals surface area contributed by atoms with Gasteiger partial charge < -0.3 is 5.11 Å².